The molecule has 1 fully saturated rings. The molecule has 3 aromatic carbocycles. The number of nitro groups is 1. The maximum atomic E-state index is 13.3. The molecule has 1 aliphatic rings. The normalized spacial score (nSPS) is 13.3. The third kappa shape index (κ3) is 6.12. The van der Waals surface area contributed by atoms with Gasteiger partial charge in [-0.1, -0.05) is 12.1 Å². The number of rotatable bonds is 8. The number of nitrogens with zero attached hydrogens (tertiary/aromatic N) is 5. The summed E-state index contributed by atoms with van der Waals surface area (Å²) >= 11 is 1.08. The standard InChI is InChI=1S/C27H24FN5O5S/c1-37-23-11-4-19(17-24(23)38-27-29-25(30-39-27)16-18-2-5-20(28)6-3-18)26(34)32-14-12-31(13-15-32)21-7-9-22(10-8-21)33(35)36/h2-11,17H,12-16H2,1H3. The highest BCUT2D eigenvalue weighted by molar-refractivity contribution is 7.07. The van der Waals surface area contributed by atoms with Crippen molar-refractivity contribution in [1.82, 2.24) is 14.3 Å². The molecule has 1 amide bonds. The molecular formula is C27H24FN5O5S. The van der Waals surface area contributed by atoms with E-state index in [1.807, 2.05) is 0 Å². The first-order valence-corrected chi connectivity index (χ1v) is 12.9. The van der Waals surface area contributed by atoms with E-state index in [0.717, 1.165) is 22.8 Å². The number of aromatic nitrogens is 2. The van der Waals surface area contributed by atoms with Gasteiger partial charge in [0, 0.05) is 67.5 Å². The molecule has 39 heavy (non-hydrogen) atoms. The number of carbonyl (C=O) groups is 1. The van der Waals surface area contributed by atoms with Crippen molar-refractivity contribution < 1.29 is 23.6 Å². The van der Waals surface area contributed by atoms with E-state index in [9.17, 15) is 19.3 Å². The number of halogens is 1. The summed E-state index contributed by atoms with van der Waals surface area (Å²) in [5, 5.41) is 11.2. The number of anilines is 1. The molecule has 0 aliphatic carbocycles. The first-order valence-electron chi connectivity index (χ1n) is 12.1. The number of hydrogen-bond acceptors (Lipinski definition) is 9. The number of non-ortho nitro benzene ring substituents is 1. The number of hydrogen-bond donors (Lipinski definition) is 0. The van der Waals surface area contributed by atoms with E-state index >= 15 is 0 Å². The first kappa shape index (κ1) is 26.0. The predicted molar refractivity (Wildman–Crippen MR) is 143 cm³/mol. The second-order valence-corrected chi connectivity index (χ2v) is 9.51. The predicted octanol–water partition coefficient (Wildman–Crippen LogP) is 4.94. The molecule has 200 valence electrons. The Kier molecular flexibility index (Phi) is 7.64. The minimum absolute atomic E-state index is 0.0442. The number of piperazine rings is 1. The van der Waals surface area contributed by atoms with E-state index in [1.165, 1.54) is 31.4 Å². The highest BCUT2D eigenvalue weighted by Crippen LogP contribution is 2.34. The maximum absolute atomic E-state index is 13.3. The van der Waals surface area contributed by atoms with Gasteiger partial charge >= 0.3 is 0 Å². The molecule has 0 bridgehead atoms. The van der Waals surface area contributed by atoms with Gasteiger partial charge in [-0.2, -0.15) is 9.36 Å². The second-order valence-electron chi connectivity index (χ2n) is 8.80. The lowest BCUT2D eigenvalue weighted by Gasteiger charge is -2.36. The van der Waals surface area contributed by atoms with Crippen LogP contribution in [0.2, 0.25) is 0 Å². The Morgan fingerprint density at radius 3 is 2.41 bits per heavy atom. The minimum Gasteiger partial charge on any atom is -0.493 e. The van der Waals surface area contributed by atoms with Crippen molar-refractivity contribution in [3.63, 3.8) is 0 Å². The summed E-state index contributed by atoms with van der Waals surface area (Å²) in [4.78, 5) is 32.0. The van der Waals surface area contributed by atoms with Crippen LogP contribution >= 0.6 is 11.5 Å². The Balaban J connectivity index is 1.23. The molecule has 0 unspecified atom stereocenters. The smallest absolute Gasteiger partial charge is 0.298 e. The highest BCUT2D eigenvalue weighted by atomic mass is 32.1. The van der Waals surface area contributed by atoms with E-state index < -0.39 is 4.92 Å². The van der Waals surface area contributed by atoms with Crippen LogP contribution < -0.4 is 14.4 Å². The van der Waals surface area contributed by atoms with Gasteiger partial charge in [0.2, 0.25) is 0 Å². The molecule has 1 aliphatic heterocycles. The van der Waals surface area contributed by atoms with Crippen molar-refractivity contribution in [1.29, 1.82) is 0 Å². The maximum Gasteiger partial charge on any atom is 0.298 e. The van der Waals surface area contributed by atoms with Gasteiger partial charge in [-0.15, -0.1) is 0 Å². The van der Waals surface area contributed by atoms with Crippen LogP contribution in [0.25, 0.3) is 0 Å². The van der Waals surface area contributed by atoms with Crippen molar-refractivity contribution in [3.8, 4) is 16.7 Å². The van der Waals surface area contributed by atoms with E-state index in [2.05, 4.69) is 14.3 Å². The van der Waals surface area contributed by atoms with Crippen LogP contribution in [0.4, 0.5) is 15.8 Å². The van der Waals surface area contributed by atoms with Gasteiger partial charge in [0.05, 0.1) is 12.0 Å². The van der Waals surface area contributed by atoms with Gasteiger partial charge < -0.3 is 19.3 Å². The SMILES string of the molecule is COc1ccc(C(=O)N2CCN(c3ccc([N+](=O)[O-])cc3)CC2)cc1Oc1nc(Cc2ccc(F)cc2)ns1. The quantitative estimate of drug-likeness (QED) is 0.225. The van der Waals surface area contributed by atoms with Gasteiger partial charge in [-0.25, -0.2) is 4.39 Å². The van der Waals surface area contributed by atoms with E-state index in [-0.39, 0.29) is 17.4 Å². The zero-order valence-corrected chi connectivity index (χ0v) is 21.8. The molecule has 10 nitrogen and oxygen atoms in total. The average Bonchev–Trinajstić information content (AvgIpc) is 3.40. The van der Waals surface area contributed by atoms with Crippen LogP contribution in [0, 0.1) is 15.9 Å². The summed E-state index contributed by atoms with van der Waals surface area (Å²) in [6, 6.07) is 17.6. The molecule has 1 aromatic heterocycles. The lowest BCUT2D eigenvalue weighted by Crippen LogP contribution is -2.48. The average molecular weight is 550 g/mol. The summed E-state index contributed by atoms with van der Waals surface area (Å²) in [6.45, 7) is 2.21. The number of benzene rings is 3. The van der Waals surface area contributed by atoms with Gasteiger partial charge in [-0.3, -0.25) is 14.9 Å². The zero-order chi connectivity index (χ0) is 27.4. The number of nitro benzene ring substituents is 1. The lowest BCUT2D eigenvalue weighted by molar-refractivity contribution is -0.384. The summed E-state index contributed by atoms with van der Waals surface area (Å²) in [5.41, 5.74) is 2.25. The Bertz CT molecular complexity index is 1470. The molecule has 0 N–H and O–H groups in total. The molecule has 0 saturated carbocycles. The van der Waals surface area contributed by atoms with Crippen LogP contribution in [-0.4, -0.2) is 58.4 Å². The molecule has 4 aromatic rings. The first-order chi connectivity index (χ1) is 18.9. The number of carbonyl (C=O) groups excluding carboxylic acids is 1. The van der Waals surface area contributed by atoms with Gasteiger partial charge in [-0.05, 0) is 48.0 Å². The summed E-state index contributed by atoms with van der Waals surface area (Å²) in [6.07, 6.45) is 0.432. The summed E-state index contributed by atoms with van der Waals surface area (Å²) < 4.78 is 28.9. The molecule has 0 spiro atoms. The monoisotopic (exact) mass is 549 g/mol. The molecule has 1 saturated heterocycles. The molecule has 2 heterocycles. The summed E-state index contributed by atoms with van der Waals surface area (Å²) in [7, 11) is 1.52. The van der Waals surface area contributed by atoms with Gasteiger partial charge in [0.25, 0.3) is 16.8 Å². The number of amides is 1. The minimum atomic E-state index is -0.425. The fraction of sp³-hybridized carbons (Fsp3) is 0.222. The molecule has 12 heteroatoms. The zero-order valence-electron chi connectivity index (χ0n) is 20.9. The van der Waals surface area contributed by atoms with Crippen LogP contribution in [0.1, 0.15) is 21.7 Å². The Morgan fingerprint density at radius 2 is 1.74 bits per heavy atom. The molecule has 0 radical (unpaired) electrons. The highest BCUT2D eigenvalue weighted by Gasteiger charge is 2.24. The van der Waals surface area contributed by atoms with E-state index in [1.54, 1.807) is 47.4 Å². The topological polar surface area (TPSA) is 111 Å². The van der Waals surface area contributed by atoms with Crippen molar-refractivity contribution in [2.75, 3.05) is 38.2 Å². The molecule has 0 atom stereocenters. The van der Waals surface area contributed by atoms with Crippen LogP contribution in [-0.2, 0) is 6.42 Å². The van der Waals surface area contributed by atoms with E-state index in [0.29, 0.717) is 60.7 Å². The fourth-order valence-corrected chi connectivity index (χ4v) is 4.82. The van der Waals surface area contributed by atoms with Crippen molar-refractivity contribution in [3.05, 3.63) is 99.6 Å². The Morgan fingerprint density at radius 1 is 1.03 bits per heavy atom. The Hall–Kier alpha value is -4.58. The summed E-state index contributed by atoms with van der Waals surface area (Å²) in [5.74, 6) is 0.892. The second kappa shape index (κ2) is 11.4. The molecular weight excluding hydrogens is 525 g/mol. The molecule has 5 rings (SSSR count). The van der Waals surface area contributed by atoms with Crippen molar-refractivity contribution in [2.45, 2.75) is 6.42 Å². The fourth-order valence-electron chi connectivity index (χ4n) is 4.26. The van der Waals surface area contributed by atoms with Crippen molar-refractivity contribution in [2.24, 2.45) is 0 Å². The van der Waals surface area contributed by atoms with Crippen LogP contribution in [0.5, 0.6) is 16.7 Å². The van der Waals surface area contributed by atoms with Crippen LogP contribution in [0.15, 0.2) is 66.7 Å². The largest absolute Gasteiger partial charge is 0.493 e. The number of ether oxygens (including phenoxy) is 2. The van der Waals surface area contributed by atoms with Gasteiger partial charge in [0.15, 0.2) is 17.3 Å². The number of methoxy groups -OCH3 is 1. The van der Waals surface area contributed by atoms with Crippen LogP contribution in [0.3, 0.4) is 0 Å². The van der Waals surface area contributed by atoms with Gasteiger partial charge in [0.1, 0.15) is 5.82 Å². The van der Waals surface area contributed by atoms with E-state index in [4.69, 9.17) is 9.47 Å². The van der Waals surface area contributed by atoms with Crippen molar-refractivity contribution >= 4 is 28.8 Å². The third-order valence-electron chi connectivity index (χ3n) is 6.33. The third-order valence-corrected chi connectivity index (χ3v) is 6.96. The Labute approximate surface area is 227 Å². The lowest BCUT2D eigenvalue weighted by atomic mass is 10.1.